The van der Waals surface area contributed by atoms with Crippen molar-refractivity contribution in [3.8, 4) is 11.1 Å². The summed E-state index contributed by atoms with van der Waals surface area (Å²) >= 11 is 0. The van der Waals surface area contributed by atoms with Crippen LogP contribution in [0.2, 0.25) is 0 Å². The molecule has 0 amide bonds. The Morgan fingerprint density at radius 2 is 1.68 bits per heavy atom. The van der Waals surface area contributed by atoms with Gasteiger partial charge in [0.05, 0.1) is 0 Å². The van der Waals surface area contributed by atoms with E-state index in [1.807, 2.05) is 0 Å². The SMILES string of the molecule is C=C1CCC(=C)C1CC1=Cc2cccc(-c3cc(C)cc(C)c3C[C@@H]3CCC(C)C[C@@H]3C)c2C1. The molecule has 0 radical (unpaired) electrons. The molecule has 3 aliphatic rings. The summed E-state index contributed by atoms with van der Waals surface area (Å²) in [6.07, 6.45) is 12.3. The van der Waals surface area contributed by atoms with Gasteiger partial charge in [0.1, 0.15) is 0 Å². The zero-order valence-corrected chi connectivity index (χ0v) is 21.8. The predicted octanol–water partition coefficient (Wildman–Crippen LogP) is 9.44. The number of aryl methyl sites for hydroxylation is 2. The van der Waals surface area contributed by atoms with E-state index in [2.05, 4.69) is 77.3 Å². The van der Waals surface area contributed by atoms with Crippen molar-refractivity contribution < 1.29 is 0 Å². The van der Waals surface area contributed by atoms with Crippen LogP contribution in [-0.4, -0.2) is 0 Å². The number of allylic oxidation sites excluding steroid dienone is 3. The number of benzene rings is 2. The van der Waals surface area contributed by atoms with Crippen LogP contribution in [-0.2, 0) is 12.8 Å². The van der Waals surface area contributed by atoms with E-state index in [0.717, 1.165) is 43.4 Å². The fourth-order valence-electron chi connectivity index (χ4n) is 7.13. The van der Waals surface area contributed by atoms with Crippen molar-refractivity contribution >= 4 is 6.08 Å². The Labute approximate surface area is 207 Å². The molecule has 2 aromatic rings. The molecule has 0 nitrogen and oxygen atoms in total. The Hall–Kier alpha value is -2.34. The Morgan fingerprint density at radius 3 is 2.41 bits per heavy atom. The van der Waals surface area contributed by atoms with Gasteiger partial charge in [-0.25, -0.2) is 0 Å². The fraction of sp³-hybridized carbons (Fsp3) is 0.471. The van der Waals surface area contributed by atoms with Crippen LogP contribution in [0.3, 0.4) is 0 Å². The van der Waals surface area contributed by atoms with Gasteiger partial charge in [-0.05, 0) is 110 Å². The average Bonchev–Trinajstić information content (AvgIpc) is 3.34. The second-order valence-corrected chi connectivity index (χ2v) is 11.9. The molecule has 0 N–H and O–H groups in total. The van der Waals surface area contributed by atoms with Gasteiger partial charge in [-0.15, -0.1) is 0 Å². The second-order valence-electron chi connectivity index (χ2n) is 11.9. The quantitative estimate of drug-likeness (QED) is 0.398. The summed E-state index contributed by atoms with van der Waals surface area (Å²) in [6, 6.07) is 11.8. The number of hydrogen-bond acceptors (Lipinski definition) is 0. The van der Waals surface area contributed by atoms with Gasteiger partial charge in [0.15, 0.2) is 0 Å². The lowest BCUT2D eigenvalue weighted by Gasteiger charge is -2.33. The van der Waals surface area contributed by atoms with Crippen LogP contribution >= 0.6 is 0 Å². The third-order valence-electron chi connectivity index (χ3n) is 9.18. The van der Waals surface area contributed by atoms with Gasteiger partial charge in [-0.3, -0.25) is 0 Å². The van der Waals surface area contributed by atoms with Gasteiger partial charge >= 0.3 is 0 Å². The van der Waals surface area contributed by atoms with Crippen LogP contribution in [0, 0.1) is 37.5 Å². The molecule has 2 aromatic carbocycles. The smallest absolute Gasteiger partial charge is 0.00392 e. The van der Waals surface area contributed by atoms with E-state index in [1.54, 1.807) is 11.1 Å². The summed E-state index contributed by atoms with van der Waals surface area (Å²) in [5.74, 6) is 3.00. The highest BCUT2D eigenvalue weighted by atomic mass is 14.3. The van der Waals surface area contributed by atoms with Crippen molar-refractivity contribution in [1.29, 1.82) is 0 Å². The minimum absolute atomic E-state index is 0.482. The van der Waals surface area contributed by atoms with E-state index in [1.165, 1.54) is 70.2 Å². The number of hydrogen-bond donors (Lipinski definition) is 0. The van der Waals surface area contributed by atoms with Crippen molar-refractivity contribution in [3.63, 3.8) is 0 Å². The first-order valence-electron chi connectivity index (χ1n) is 13.6. The molecule has 0 heteroatoms. The lowest BCUT2D eigenvalue weighted by Crippen LogP contribution is -2.23. The van der Waals surface area contributed by atoms with E-state index in [9.17, 15) is 0 Å². The molecule has 1 unspecified atom stereocenters. The molecule has 3 aliphatic carbocycles. The zero-order valence-electron chi connectivity index (χ0n) is 21.8. The standard InChI is InChI=1S/C34H42/c1-21-10-13-28(25(5)14-21)20-32-26(6)15-22(2)16-34(32)30-9-7-8-29-17-27(19-33(29)30)18-31-23(3)11-12-24(31)4/h7-9,15-17,21,25,28,31H,3-4,10-14,18-20H2,1-2,5-6H3/t21?,25-,28-/m0/s1. The van der Waals surface area contributed by atoms with Crippen LogP contribution in [0.25, 0.3) is 17.2 Å². The molecule has 178 valence electrons. The largest absolute Gasteiger partial charge is 0.0992 e. The molecule has 0 aromatic heterocycles. The summed E-state index contributed by atoms with van der Waals surface area (Å²) in [7, 11) is 0. The molecule has 0 heterocycles. The summed E-state index contributed by atoms with van der Waals surface area (Å²) in [6.45, 7) is 18.2. The van der Waals surface area contributed by atoms with Gasteiger partial charge in [0, 0.05) is 5.92 Å². The van der Waals surface area contributed by atoms with Gasteiger partial charge in [-0.1, -0.05) is 92.1 Å². The third kappa shape index (κ3) is 4.49. The Morgan fingerprint density at radius 1 is 0.912 bits per heavy atom. The molecule has 2 fully saturated rings. The van der Waals surface area contributed by atoms with E-state index in [-0.39, 0.29) is 0 Å². The zero-order chi connectivity index (χ0) is 24.0. The maximum Gasteiger partial charge on any atom is 0.00392 e. The summed E-state index contributed by atoms with van der Waals surface area (Å²) < 4.78 is 0. The lowest BCUT2D eigenvalue weighted by molar-refractivity contribution is 0.203. The normalized spacial score (nSPS) is 25.1. The van der Waals surface area contributed by atoms with E-state index < -0.39 is 0 Å². The topological polar surface area (TPSA) is 0 Å². The maximum atomic E-state index is 4.35. The fourth-order valence-corrected chi connectivity index (χ4v) is 7.13. The van der Waals surface area contributed by atoms with Crippen molar-refractivity contribution in [1.82, 2.24) is 0 Å². The van der Waals surface area contributed by atoms with Gasteiger partial charge in [0.25, 0.3) is 0 Å². The van der Waals surface area contributed by atoms with Gasteiger partial charge in [0.2, 0.25) is 0 Å². The first-order chi connectivity index (χ1) is 16.3. The minimum atomic E-state index is 0.482. The van der Waals surface area contributed by atoms with Crippen molar-refractivity contribution in [2.45, 2.75) is 79.1 Å². The lowest BCUT2D eigenvalue weighted by atomic mass is 9.72. The molecule has 0 aliphatic heterocycles. The van der Waals surface area contributed by atoms with Gasteiger partial charge in [-0.2, -0.15) is 0 Å². The summed E-state index contributed by atoms with van der Waals surface area (Å²) in [5.41, 5.74) is 14.7. The summed E-state index contributed by atoms with van der Waals surface area (Å²) in [4.78, 5) is 0. The molecule has 2 saturated carbocycles. The van der Waals surface area contributed by atoms with E-state index in [0.29, 0.717) is 5.92 Å². The van der Waals surface area contributed by atoms with Crippen molar-refractivity contribution in [2.75, 3.05) is 0 Å². The highest BCUT2D eigenvalue weighted by Crippen LogP contribution is 2.44. The highest BCUT2D eigenvalue weighted by Gasteiger charge is 2.29. The predicted molar refractivity (Wildman–Crippen MR) is 148 cm³/mol. The monoisotopic (exact) mass is 450 g/mol. The van der Waals surface area contributed by atoms with Crippen molar-refractivity contribution in [3.05, 3.63) is 88.0 Å². The molecular weight excluding hydrogens is 408 g/mol. The first-order valence-corrected chi connectivity index (χ1v) is 13.6. The maximum absolute atomic E-state index is 4.35. The first kappa shape index (κ1) is 23.4. The van der Waals surface area contributed by atoms with Crippen LogP contribution in [0.15, 0.2) is 60.2 Å². The number of rotatable bonds is 5. The number of fused-ring (bicyclic) bond motifs is 1. The molecule has 0 saturated heterocycles. The molecule has 0 spiro atoms. The molecule has 5 rings (SSSR count). The summed E-state index contributed by atoms with van der Waals surface area (Å²) in [5, 5.41) is 0. The van der Waals surface area contributed by atoms with Crippen LogP contribution in [0.5, 0.6) is 0 Å². The highest BCUT2D eigenvalue weighted by molar-refractivity contribution is 5.80. The second kappa shape index (κ2) is 9.37. The van der Waals surface area contributed by atoms with E-state index in [4.69, 9.17) is 0 Å². The molecule has 3 atom stereocenters. The van der Waals surface area contributed by atoms with E-state index >= 15 is 0 Å². The van der Waals surface area contributed by atoms with Gasteiger partial charge < -0.3 is 0 Å². The Balaban J connectivity index is 1.46. The Kier molecular flexibility index (Phi) is 6.45. The third-order valence-corrected chi connectivity index (χ3v) is 9.18. The van der Waals surface area contributed by atoms with Crippen LogP contribution < -0.4 is 0 Å². The van der Waals surface area contributed by atoms with Crippen LogP contribution in [0.4, 0.5) is 0 Å². The molecule has 34 heavy (non-hydrogen) atoms. The molecule has 0 bridgehead atoms. The van der Waals surface area contributed by atoms with Crippen molar-refractivity contribution in [2.24, 2.45) is 23.7 Å². The molecular formula is C34H42. The Bertz CT molecular complexity index is 1140. The average molecular weight is 451 g/mol. The van der Waals surface area contributed by atoms with Crippen LogP contribution in [0.1, 0.15) is 80.2 Å². The minimum Gasteiger partial charge on any atom is -0.0992 e.